The predicted octanol–water partition coefficient (Wildman–Crippen LogP) is 1.88. The molecule has 0 heterocycles. The maximum absolute atomic E-state index is 11.5. The van der Waals surface area contributed by atoms with Gasteiger partial charge in [-0.05, 0) is 6.92 Å². The summed E-state index contributed by atoms with van der Waals surface area (Å²) in [5.41, 5.74) is 0. The van der Waals surface area contributed by atoms with Crippen molar-refractivity contribution in [3.05, 3.63) is 37.0 Å². The van der Waals surface area contributed by atoms with Gasteiger partial charge in [0.2, 0.25) is 0 Å². The van der Waals surface area contributed by atoms with Crippen molar-refractivity contribution < 1.29 is 19.1 Å². The second-order valence-corrected chi connectivity index (χ2v) is 3.25. The fourth-order valence-corrected chi connectivity index (χ4v) is 1.29. The number of esters is 2. The minimum atomic E-state index is -1.01. The quantitative estimate of drug-likeness (QED) is 0.307. The zero-order valence-corrected chi connectivity index (χ0v) is 10.4. The molecule has 17 heavy (non-hydrogen) atoms. The van der Waals surface area contributed by atoms with Crippen molar-refractivity contribution >= 4 is 11.9 Å². The van der Waals surface area contributed by atoms with Gasteiger partial charge in [0.05, 0.1) is 14.2 Å². The second kappa shape index (κ2) is 8.33. The molecule has 0 fully saturated rings. The Morgan fingerprint density at radius 1 is 1.12 bits per heavy atom. The van der Waals surface area contributed by atoms with Gasteiger partial charge in [0.25, 0.3) is 0 Å². The average Bonchev–Trinajstić information content (AvgIpc) is 2.36. The number of allylic oxidation sites excluding steroid dienone is 5. The number of ether oxygens (including phenoxy) is 2. The van der Waals surface area contributed by atoms with Crippen molar-refractivity contribution in [2.45, 2.75) is 6.92 Å². The van der Waals surface area contributed by atoms with E-state index >= 15 is 0 Å². The van der Waals surface area contributed by atoms with E-state index in [1.165, 1.54) is 20.3 Å². The second-order valence-electron chi connectivity index (χ2n) is 3.25. The minimum Gasteiger partial charge on any atom is -0.468 e. The first kappa shape index (κ1) is 15.2. The molecule has 0 radical (unpaired) electrons. The molecule has 0 spiro atoms. The van der Waals surface area contributed by atoms with Crippen LogP contribution in [0.4, 0.5) is 0 Å². The van der Waals surface area contributed by atoms with E-state index in [0.717, 1.165) is 0 Å². The lowest BCUT2D eigenvalue weighted by Gasteiger charge is -2.17. The molecule has 4 heteroatoms. The van der Waals surface area contributed by atoms with Gasteiger partial charge in [0.1, 0.15) is 0 Å². The predicted molar refractivity (Wildman–Crippen MR) is 65.2 cm³/mol. The molecule has 4 nitrogen and oxygen atoms in total. The number of hydrogen-bond acceptors (Lipinski definition) is 4. The summed E-state index contributed by atoms with van der Waals surface area (Å²) < 4.78 is 9.17. The first-order valence-corrected chi connectivity index (χ1v) is 5.20. The van der Waals surface area contributed by atoms with Crippen LogP contribution in [0.15, 0.2) is 37.0 Å². The van der Waals surface area contributed by atoms with E-state index in [2.05, 4.69) is 16.1 Å². The van der Waals surface area contributed by atoms with E-state index in [1.807, 2.05) is 13.0 Å². The van der Waals surface area contributed by atoms with E-state index < -0.39 is 23.8 Å². The van der Waals surface area contributed by atoms with Gasteiger partial charge < -0.3 is 9.47 Å². The zero-order valence-electron chi connectivity index (χ0n) is 10.4. The van der Waals surface area contributed by atoms with Gasteiger partial charge in [-0.15, -0.1) is 6.58 Å². The molecule has 0 aliphatic carbocycles. The lowest BCUT2D eigenvalue weighted by Crippen LogP contribution is -2.31. The van der Waals surface area contributed by atoms with Crippen molar-refractivity contribution in [3.63, 3.8) is 0 Å². The Morgan fingerprint density at radius 3 is 2.00 bits per heavy atom. The number of hydrogen-bond donors (Lipinski definition) is 0. The molecule has 0 aromatic heterocycles. The molecular formula is C13H18O4. The molecule has 0 aromatic rings. The SMILES string of the molecule is C=C[C@@H](/C=C/C=C/C)C(C(=O)OC)C(=O)OC. The Balaban J connectivity index is 5.04. The standard InChI is InChI=1S/C13H18O4/c1-5-7-8-9-10(6-2)11(12(14)16-3)13(15)17-4/h5-11H,2H2,1,3-4H3/b7-5+,9-8+/t10-/m0/s1. The Morgan fingerprint density at radius 2 is 1.65 bits per heavy atom. The molecule has 1 atom stereocenters. The maximum atomic E-state index is 11.5. The molecule has 0 N–H and O–H groups in total. The van der Waals surface area contributed by atoms with E-state index in [9.17, 15) is 9.59 Å². The molecular weight excluding hydrogens is 220 g/mol. The van der Waals surface area contributed by atoms with Gasteiger partial charge in [-0.2, -0.15) is 0 Å². The number of carbonyl (C=O) groups is 2. The fraction of sp³-hybridized carbons (Fsp3) is 0.385. The van der Waals surface area contributed by atoms with E-state index in [1.54, 1.807) is 18.2 Å². The van der Waals surface area contributed by atoms with E-state index in [0.29, 0.717) is 0 Å². The summed E-state index contributed by atoms with van der Waals surface area (Å²) in [6, 6.07) is 0. The largest absolute Gasteiger partial charge is 0.468 e. The van der Waals surface area contributed by atoms with Gasteiger partial charge in [-0.3, -0.25) is 9.59 Å². The smallest absolute Gasteiger partial charge is 0.320 e. The van der Waals surface area contributed by atoms with Crippen LogP contribution in [-0.2, 0) is 19.1 Å². The highest BCUT2D eigenvalue weighted by molar-refractivity contribution is 5.95. The highest BCUT2D eigenvalue weighted by Crippen LogP contribution is 2.18. The van der Waals surface area contributed by atoms with Crippen molar-refractivity contribution in [1.29, 1.82) is 0 Å². The normalized spacial score (nSPS) is 12.9. The zero-order chi connectivity index (χ0) is 13.3. The summed E-state index contributed by atoms with van der Waals surface area (Å²) in [6.45, 7) is 5.47. The number of rotatable bonds is 6. The van der Waals surface area contributed by atoms with Crippen molar-refractivity contribution in [1.82, 2.24) is 0 Å². The highest BCUT2D eigenvalue weighted by Gasteiger charge is 2.33. The Hall–Kier alpha value is -1.84. The van der Waals surface area contributed by atoms with Crippen molar-refractivity contribution in [3.8, 4) is 0 Å². The van der Waals surface area contributed by atoms with Gasteiger partial charge in [0, 0.05) is 5.92 Å². The molecule has 0 unspecified atom stereocenters. The Bertz CT molecular complexity index is 312. The third kappa shape index (κ3) is 4.68. The van der Waals surface area contributed by atoms with Crippen LogP contribution >= 0.6 is 0 Å². The molecule has 0 amide bonds. The Labute approximate surface area is 102 Å². The summed E-state index contributed by atoms with van der Waals surface area (Å²) >= 11 is 0. The van der Waals surface area contributed by atoms with Crippen LogP contribution in [0.5, 0.6) is 0 Å². The van der Waals surface area contributed by atoms with Crippen LogP contribution in [0.2, 0.25) is 0 Å². The minimum absolute atomic E-state index is 0.453. The van der Waals surface area contributed by atoms with Crippen LogP contribution in [0.25, 0.3) is 0 Å². The highest BCUT2D eigenvalue weighted by atomic mass is 16.5. The van der Waals surface area contributed by atoms with Crippen LogP contribution in [0.3, 0.4) is 0 Å². The van der Waals surface area contributed by atoms with Crippen molar-refractivity contribution in [2.24, 2.45) is 11.8 Å². The van der Waals surface area contributed by atoms with Gasteiger partial charge in [-0.1, -0.05) is 30.4 Å². The molecule has 0 saturated carbocycles. The van der Waals surface area contributed by atoms with Crippen LogP contribution in [0.1, 0.15) is 6.92 Å². The lowest BCUT2D eigenvalue weighted by molar-refractivity contribution is -0.159. The molecule has 0 aliphatic heterocycles. The summed E-state index contributed by atoms with van der Waals surface area (Å²) in [4.78, 5) is 23.0. The van der Waals surface area contributed by atoms with E-state index in [-0.39, 0.29) is 0 Å². The third-order valence-electron chi connectivity index (χ3n) is 2.20. The number of carbonyl (C=O) groups excluding carboxylic acids is 2. The van der Waals surface area contributed by atoms with Crippen LogP contribution in [-0.4, -0.2) is 26.2 Å². The fourth-order valence-electron chi connectivity index (χ4n) is 1.29. The first-order valence-electron chi connectivity index (χ1n) is 5.20. The van der Waals surface area contributed by atoms with Crippen molar-refractivity contribution in [2.75, 3.05) is 14.2 Å². The summed E-state index contributed by atoms with van der Waals surface area (Å²) in [5, 5.41) is 0. The molecule has 94 valence electrons. The summed E-state index contributed by atoms with van der Waals surface area (Å²) in [5.74, 6) is -2.73. The molecule has 0 aliphatic rings. The van der Waals surface area contributed by atoms with Crippen LogP contribution in [0, 0.1) is 11.8 Å². The topological polar surface area (TPSA) is 52.6 Å². The molecule has 0 saturated heterocycles. The van der Waals surface area contributed by atoms with Gasteiger partial charge in [0.15, 0.2) is 5.92 Å². The first-order chi connectivity index (χ1) is 8.12. The monoisotopic (exact) mass is 238 g/mol. The Kier molecular flexibility index (Phi) is 7.43. The van der Waals surface area contributed by atoms with Crippen LogP contribution < -0.4 is 0 Å². The lowest BCUT2D eigenvalue weighted by atomic mass is 9.92. The van der Waals surface area contributed by atoms with E-state index in [4.69, 9.17) is 0 Å². The average molecular weight is 238 g/mol. The third-order valence-corrected chi connectivity index (χ3v) is 2.20. The number of methoxy groups -OCH3 is 2. The molecule has 0 aromatic carbocycles. The van der Waals surface area contributed by atoms with Gasteiger partial charge in [-0.25, -0.2) is 0 Å². The summed E-state index contributed by atoms with van der Waals surface area (Å²) in [6.07, 6.45) is 8.58. The molecule has 0 bridgehead atoms. The summed E-state index contributed by atoms with van der Waals surface area (Å²) in [7, 11) is 2.46. The van der Waals surface area contributed by atoms with Gasteiger partial charge >= 0.3 is 11.9 Å². The molecule has 0 rings (SSSR count). The maximum Gasteiger partial charge on any atom is 0.320 e.